The Morgan fingerprint density at radius 1 is 1.26 bits per heavy atom. The van der Waals surface area contributed by atoms with Crippen molar-refractivity contribution in [3.05, 3.63) is 58.9 Å². The summed E-state index contributed by atoms with van der Waals surface area (Å²) < 4.78 is 18.5. The first kappa shape index (κ1) is 16.8. The van der Waals surface area contributed by atoms with Crippen LogP contribution in [0.1, 0.15) is 17.3 Å². The fourth-order valence-corrected chi connectivity index (χ4v) is 1.87. The summed E-state index contributed by atoms with van der Waals surface area (Å²) in [5, 5.41) is 2.66. The van der Waals surface area contributed by atoms with Crippen LogP contribution in [0.5, 0.6) is 0 Å². The van der Waals surface area contributed by atoms with Gasteiger partial charge in [-0.25, -0.2) is 9.18 Å². The van der Waals surface area contributed by atoms with Crippen molar-refractivity contribution in [2.24, 2.45) is 0 Å². The van der Waals surface area contributed by atoms with E-state index < -0.39 is 23.8 Å². The second-order valence-electron chi connectivity index (χ2n) is 4.75. The van der Waals surface area contributed by atoms with Crippen LogP contribution in [0.25, 0.3) is 0 Å². The second kappa shape index (κ2) is 7.11. The molecule has 1 unspecified atom stereocenters. The summed E-state index contributed by atoms with van der Waals surface area (Å²) in [5.41, 5.74) is 6.01. The maximum atomic E-state index is 13.5. The van der Waals surface area contributed by atoms with Crippen LogP contribution in [-0.4, -0.2) is 18.0 Å². The van der Waals surface area contributed by atoms with Crippen molar-refractivity contribution in [1.29, 1.82) is 0 Å². The first-order chi connectivity index (χ1) is 10.9. The summed E-state index contributed by atoms with van der Waals surface area (Å²) in [6, 6.07) is 9.93. The Bertz CT molecular complexity index is 752. The third kappa shape index (κ3) is 4.20. The van der Waals surface area contributed by atoms with Crippen LogP contribution in [0, 0.1) is 5.82 Å². The number of carbonyl (C=O) groups excluding carboxylic acids is 2. The predicted molar refractivity (Wildman–Crippen MR) is 85.8 cm³/mol. The number of amides is 1. The molecule has 0 saturated carbocycles. The van der Waals surface area contributed by atoms with Crippen molar-refractivity contribution in [2.75, 3.05) is 11.1 Å². The highest BCUT2D eigenvalue weighted by molar-refractivity contribution is 6.33. The Balaban J connectivity index is 2.01. The van der Waals surface area contributed by atoms with E-state index in [0.717, 1.165) is 0 Å². The molecule has 0 saturated heterocycles. The number of nitrogens with one attached hydrogen (secondary N) is 1. The first-order valence-electron chi connectivity index (χ1n) is 6.70. The number of esters is 1. The molecule has 2 aromatic carbocycles. The largest absolute Gasteiger partial charge is 0.449 e. The topological polar surface area (TPSA) is 81.4 Å². The monoisotopic (exact) mass is 336 g/mol. The van der Waals surface area contributed by atoms with Crippen molar-refractivity contribution >= 4 is 34.9 Å². The number of nitrogen functional groups attached to an aromatic ring is 1. The minimum absolute atomic E-state index is 0.0103. The zero-order valence-electron chi connectivity index (χ0n) is 12.2. The zero-order chi connectivity index (χ0) is 17.0. The molecule has 23 heavy (non-hydrogen) atoms. The normalized spacial score (nSPS) is 11.6. The van der Waals surface area contributed by atoms with Gasteiger partial charge in [-0.3, -0.25) is 4.79 Å². The fourth-order valence-electron chi connectivity index (χ4n) is 1.75. The maximum absolute atomic E-state index is 13.5. The van der Waals surface area contributed by atoms with Crippen LogP contribution in [0.15, 0.2) is 42.5 Å². The molecule has 3 N–H and O–H groups in total. The van der Waals surface area contributed by atoms with E-state index in [1.807, 2.05) is 0 Å². The van der Waals surface area contributed by atoms with E-state index in [0.29, 0.717) is 5.02 Å². The van der Waals surface area contributed by atoms with Gasteiger partial charge in [0.2, 0.25) is 0 Å². The Morgan fingerprint density at radius 2 is 1.96 bits per heavy atom. The Morgan fingerprint density at radius 3 is 2.61 bits per heavy atom. The van der Waals surface area contributed by atoms with E-state index in [1.54, 1.807) is 6.07 Å². The van der Waals surface area contributed by atoms with Crippen LogP contribution in [0.4, 0.5) is 15.8 Å². The van der Waals surface area contributed by atoms with Gasteiger partial charge in [0.25, 0.3) is 5.91 Å². The standard InChI is InChI=1S/C16H14ClFN2O3/c1-9(15(21)20-14-5-3-2-4-12(14)18)23-16(22)10-6-7-11(17)13(19)8-10/h2-9H,19H2,1H3,(H,20,21). The van der Waals surface area contributed by atoms with Crippen LogP contribution in [0.2, 0.25) is 5.02 Å². The smallest absolute Gasteiger partial charge is 0.338 e. The molecule has 5 nitrogen and oxygen atoms in total. The van der Waals surface area contributed by atoms with Crippen molar-refractivity contribution in [3.8, 4) is 0 Å². The molecule has 1 atom stereocenters. The van der Waals surface area contributed by atoms with Gasteiger partial charge >= 0.3 is 5.97 Å². The molecule has 0 fully saturated rings. The van der Waals surface area contributed by atoms with Crippen molar-refractivity contribution in [2.45, 2.75) is 13.0 Å². The molecular weight excluding hydrogens is 323 g/mol. The van der Waals surface area contributed by atoms with Gasteiger partial charge in [-0.2, -0.15) is 0 Å². The minimum atomic E-state index is -1.11. The fraction of sp³-hybridized carbons (Fsp3) is 0.125. The number of nitrogens with two attached hydrogens (primary N) is 1. The molecule has 2 rings (SSSR count). The molecule has 7 heteroatoms. The second-order valence-corrected chi connectivity index (χ2v) is 5.16. The molecule has 0 bridgehead atoms. The van der Waals surface area contributed by atoms with Crippen LogP contribution in [-0.2, 0) is 9.53 Å². The van der Waals surface area contributed by atoms with Crippen molar-refractivity contribution < 1.29 is 18.7 Å². The zero-order valence-corrected chi connectivity index (χ0v) is 12.9. The average Bonchev–Trinajstić information content (AvgIpc) is 2.52. The number of halogens is 2. The van der Waals surface area contributed by atoms with Gasteiger partial charge in [0.15, 0.2) is 6.10 Å². The highest BCUT2D eigenvalue weighted by atomic mass is 35.5. The number of carbonyl (C=O) groups is 2. The molecule has 0 aliphatic carbocycles. The molecule has 0 radical (unpaired) electrons. The average molecular weight is 337 g/mol. The molecular formula is C16H14ClFN2O3. The third-order valence-electron chi connectivity index (χ3n) is 3.02. The van der Waals surface area contributed by atoms with Crippen LogP contribution >= 0.6 is 11.6 Å². The third-order valence-corrected chi connectivity index (χ3v) is 3.36. The van der Waals surface area contributed by atoms with Gasteiger partial charge in [-0.15, -0.1) is 0 Å². The van der Waals surface area contributed by atoms with Gasteiger partial charge in [-0.1, -0.05) is 23.7 Å². The summed E-state index contributed by atoms with van der Waals surface area (Å²) >= 11 is 5.77. The van der Waals surface area contributed by atoms with E-state index >= 15 is 0 Å². The van der Waals surface area contributed by atoms with Gasteiger partial charge in [0.1, 0.15) is 5.82 Å². The summed E-state index contributed by atoms with van der Waals surface area (Å²) in [6.07, 6.45) is -1.11. The van der Waals surface area contributed by atoms with Crippen LogP contribution in [0.3, 0.4) is 0 Å². The Kier molecular flexibility index (Phi) is 5.18. The Hall–Kier alpha value is -2.60. The van der Waals surface area contributed by atoms with E-state index in [2.05, 4.69) is 5.32 Å². The molecule has 0 heterocycles. The van der Waals surface area contributed by atoms with E-state index in [9.17, 15) is 14.0 Å². The quantitative estimate of drug-likeness (QED) is 0.663. The lowest BCUT2D eigenvalue weighted by molar-refractivity contribution is -0.123. The Labute approximate surface area is 137 Å². The lowest BCUT2D eigenvalue weighted by Crippen LogP contribution is -2.30. The molecule has 0 aliphatic rings. The van der Waals surface area contributed by atoms with Crippen molar-refractivity contribution in [1.82, 2.24) is 0 Å². The lowest BCUT2D eigenvalue weighted by atomic mass is 10.2. The summed E-state index contributed by atoms with van der Waals surface area (Å²) in [6.45, 7) is 1.38. The first-order valence-corrected chi connectivity index (χ1v) is 7.07. The van der Waals surface area contributed by atoms with Crippen LogP contribution < -0.4 is 11.1 Å². The summed E-state index contributed by atoms with van der Waals surface area (Å²) in [7, 11) is 0. The van der Waals surface area contributed by atoms with E-state index in [4.69, 9.17) is 22.1 Å². The number of para-hydroxylation sites is 1. The predicted octanol–water partition coefficient (Wildman–Crippen LogP) is 3.25. The minimum Gasteiger partial charge on any atom is -0.449 e. The highest BCUT2D eigenvalue weighted by Gasteiger charge is 2.20. The molecule has 2 aromatic rings. The van der Waals surface area contributed by atoms with Crippen molar-refractivity contribution in [3.63, 3.8) is 0 Å². The molecule has 120 valence electrons. The van der Waals surface area contributed by atoms with Gasteiger partial charge in [0.05, 0.1) is 22.0 Å². The number of ether oxygens (including phenoxy) is 1. The number of rotatable bonds is 4. The molecule has 1 amide bonds. The highest BCUT2D eigenvalue weighted by Crippen LogP contribution is 2.20. The number of hydrogen-bond acceptors (Lipinski definition) is 4. The van der Waals surface area contributed by atoms with Gasteiger partial charge in [0, 0.05) is 0 Å². The van der Waals surface area contributed by atoms with E-state index in [1.165, 1.54) is 43.3 Å². The number of anilines is 2. The summed E-state index contributed by atoms with van der Waals surface area (Å²) in [5.74, 6) is -1.96. The maximum Gasteiger partial charge on any atom is 0.338 e. The van der Waals surface area contributed by atoms with Gasteiger partial charge < -0.3 is 15.8 Å². The number of benzene rings is 2. The SMILES string of the molecule is CC(OC(=O)c1ccc(Cl)c(N)c1)C(=O)Nc1ccccc1F. The molecule has 0 spiro atoms. The number of hydrogen-bond donors (Lipinski definition) is 2. The molecule has 0 aromatic heterocycles. The summed E-state index contributed by atoms with van der Waals surface area (Å²) in [4.78, 5) is 23.9. The molecule has 0 aliphatic heterocycles. The lowest BCUT2D eigenvalue weighted by Gasteiger charge is -2.14. The van der Waals surface area contributed by atoms with E-state index in [-0.39, 0.29) is 16.9 Å². The van der Waals surface area contributed by atoms with Gasteiger partial charge in [-0.05, 0) is 37.3 Å².